The smallest absolute Gasteiger partial charge is 0.284 e. The molecule has 0 aromatic heterocycles. The Hall–Kier alpha value is -0.840. The van der Waals surface area contributed by atoms with Gasteiger partial charge in [-0.3, -0.25) is 4.55 Å². The van der Waals surface area contributed by atoms with E-state index >= 15 is 4.39 Å². The van der Waals surface area contributed by atoms with Crippen molar-refractivity contribution in [3.63, 3.8) is 0 Å². The Kier molecular flexibility index (Phi) is 4.57. The number of hydrogen-bond donors (Lipinski definition) is 1. The van der Waals surface area contributed by atoms with Gasteiger partial charge < -0.3 is 0 Å². The highest BCUT2D eigenvalue weighted by Gasteiger charge is 2.89. The van der Waals surface area contributed by atoms with Crippen LogP contribution >= 0.6 is 0 Å². The predicted octanol–water partition coefficient (Wildman–Crippen LogP) is 4.46. The fraction of sp³-hybridized carbons (Fsp3) is 0.857. The van der Waals surface area contributed by atoms with Gasteiger partial charge in [-0.05, 0) is 43.6 Å². The van der Waals surface area contributed by atoms with E-state index in [2.05, 4.69) is 6.58 Å². The minimum Gasteiger partial charge on any atom is -0.284 e. The van der Waals surface area contributed by atoms with E-state index in [-0.39, 0.29) is 25.2 Å². The summed E-state index contributed by atoms with van der Waals surface area (Å²) in [7, 11) is -6.98. The second-order valence-electron chi connectivity index (χ2n) is 6.93. The van der Waals surface area contributed by atoms with Crippen molar-refractivity contribution in [3.8, 4) is 0 Å². The van der Waals surface area contributed by atoms with E-state index in [4.69, 9.17) is 4.55 Å². The van der Waals surface area contributed by atoms with Gasteiger partial charge in [0.2, 0.25) is 0 Å². The molecular weight excluding hydrogens is 381 g/mol. The molecule has 2 saturated carbocycles. The zero-order valence-electron chi connectivity index (χ0n) is 13.1. The lowest BCUT2D eigenvalue weighted by molar-refractivity contribution is -0.302. The van der Waals surface area contributed by atoms with Crippen molar-refractivity contribution in [2.24, 2.45) is 17.8 Å². The summed E-state index contributed by atoms with van der Waals surface area (Å²) >= 11 is 0. The second-order valence-corrected chi connectivity index (χ2v) is 8.49. The monoisotopic (exact) mass is 398 g/mol. The average molecular weight is 398 g/mol. The average Bonchev–Trinajstić information content (AvgIpc) is 2.94. The lowest BCUT2D eigenvalue weighted by Gasteiger charge is -2.49. The molecule has 0 saturated heterocycles. The van der Waals surface area contributed by atoms with Crippen LogP contribution in [0.3, 0.4) is 0 Å². The molecule has 0 radical (unpaired) electrons. The number of halogens is 7. The summed E-state index contributed by atoms with van der Waals surface area (Å²) in [6, 6.07) is 0. The highest BCUT2D eigenvalue weighted by molar-refractivity contribution is 7.87. The summed E-state index contributed by atoms with van der Waals surface area (Å²) in [4.78, 5) is 0. The summed E-state index contributed by atoms with van der Waals surface area (Å²) in [6.45, 7) is 3.50. The van der Waals surface area contributed by atoms with Crippen molar-refractivity contribution < 1.29 is 43.7 Å². The first-order valence-corrected chi connectivity index (χ1v) is 8.91. The summed E-state index contributed by atoms with van der Waals surface area (Å²) in [5, 5.41) is 0. The Labute approximate surface area is 140 Å². The van der Waals surface area contributed by atoms with Crippen LogP contribution < -0.4 is 0 Å². The largest absolute Gasteiger partial charge is 0.423 e. The van der Waals surface area contributed by atoms with E-state index in [0.717, 1.165) is 0 Å². The fourth-order valence-corrected chi connectivity index (χ4v) is 5.95. The number of rotatable bonds is 4. The number of hydrogen-bond acceptors (Lipinski definition) is 2. The molecule has 2 aliphatic carbocycles. The third-order valence-electron chi connectivity index (χ3n) is 5.57. The zero-order chi connectivity index (χ0) is 19.6. The molecule has 2 rings (SSSR count). The molecular formula is C14H17F7O3S. The maximum atomic E-state index is 15.8. The fourth-order valence-electron chi connectivity index (χ4n) is 4.66. The molecule has 146 valence electrons. The van der Waals surface area contributed by atoms with Crippen LogP contribution in [0.5, 0.6) is 0 Å². The number of allylic oxidation sites excluding steroid dienone is 1. The molecule has 0 spiro atoms. The normalized spacial score (nSPS) is 30.4. The molecule has 25 heavy (non-hydrogen) atoms. The first-order valence-electron chi connectivity index (χ1n) is 7.47. The molecule has 2 fully saturated rings. The Morgan fingerprint density at radius 3 is 1.72 bits per heavy atom. The first kappa shape index (κ1) is 20.5. The van der Waals surface area contributed by atoms with Crippen molar-refractivity contribution in [2.45, 2.75) is 55.4 Å². The van der Waals surface area contributed by atoms with Gasteiger partial charge in [-0.2, -0.15) is 34.8 Å². The molecule has 0 heterocycles. The number of fused-ring (bicyclic) bond motifs is 2. The van der Waals surface area contributed by atoms with Gasteiger partial charge in [-0.1, -0.05) is 13.0 Å². The van der Waals surface area contributed by atoms with Gasteiger partial charge in [0.15, 0.2) is 5.67 Å². The van der Waals surface area contributed by atoms with E-state index in [1.807, 2.05) is 0 Å². The third-order valence-corrected chi connectivity index (χ3v) is 7.10. The third kappa shape index (κ3) is 2.52. The SMILES string of the molecule is C=C(C)C(F)(C1CC2CCC1C2)C(C(F)(F)F)(C(F)(F)F)S(=O)(=O)O. The van der Waals surface area contributed by atoms with Gasteiger partial charge in [0.05, 0.1) is 0 Å². The van der Waals surface area contributed by atoms with Crippen LogP contribution in [0.25, 0.3) is 0 Å². The van der Waals surface area contributed by atoms with Crippen LogP contribution in [0.15, 0.2) is 12.2 Å². The lowest BCUT2D eigenvalue weighted by Crippen LogP contribution is -2.75. The van der Waals surface area contributed by atoms with Crippen molar-refractivity contribution in [1.82, 2.24) is 0 Å². The van der Waals surface area contributed by atoms with Crippen LogP contribution in [-0.2, 0) is 10.1 Å². The minimum atomic E-state index is -6.98. The molecule has 1 N–H and O–H groups in total. The van der Waals surface area contributed by atoms with Gasteiger partial charge in [0, 0.05) is 5.92 Å². The minimum absolute atomic E-state index is 0.200. The van der Waals surface area contributed by atoms with E-state index in [9.17, 15) is 34.8 Å². The Bertz CT molecular complexity index is 653. The van der Waals surface area contributed by atoms with Gasteiger partial charge >= 0.3 is 17.1 Å². The summed E-state index contributed by atoms with van der Waals surface area (Å²) in [6.07, 6.45) is -12.7. The Balaban J connectivity index is 2.88. The maximum Gasteiger partial charge on any atom is 0.423 e. The van der Waals surface area contributed by atoms with Crippen LogP contribution in [-0.4, -0.2) is 35.7 Å². The highest BCUT2D eigenvalue weighted by Crippen LogP contribution is 2.65. The van der Waals surface area contributed by atoms with Crippen LogP contribution in [0, 0.1) is 17.8 Å². The molecule has 0 aliphatic heterocycles. The van der Waals surface area contributed by atoms with E-state index in [1.165, 1.54) is 0 Å². The summed E-state index contributed by atoms with van der Waals surface area (Å²) in [5.74, 6) is -2.96. The Morgan fingerprint density at radius 1 is 1.00 bits per heavy atom. The second kappa shape index (κ2) is 5.58. The van der Waals surface area contributed by atoms with Crippen LogP contribution in [0.1, 0.15) is 32.6 Å². The highest BCUT2D eigenvalue weighted by atomic mass is 32.2. The lowest BCUT2D eigenvalue weighted by atomic mass is 9.67. The number of alkyl halides is 7. The predicted molar refractivity (Wildman–Crippen MR) is 74.0 cm³/mol. The standard InChI is InChI=1S/C14H17F7O3S/c1-7(2)11(15,10-6-8-3-4-9(10)5-8)12(13(16,17)18,14(19,20)21)25(22,23)24/h8-10H,1,3-6H2,2H3,(H,22,23,24). The molecule has 11 heteroatoms. The first-order chi connectivity index (χ1) is 11.0. The van der Waals surface area contributed by atoms with E-state index in [1.54, 1.807) is 0 Å². The van der Waals surface area contributed by atoms with Gasteiger partial charge in [0.1, 0.15) is 0 Å². The summed E-state index contributed by atoms with van der Waals surface area (Å²) in [5.41, 5.74) is -5.66. The zero-order valence-corrected chi connectivity index (χ0v) is 13.9. The quantitative estimate of drug-likeness (QED) is 0.432. The van der Waals surface area contributed by atoms with E-state index in [0.29, 0.717) is 13.3 Å². The molecule has 2 aliphatic rings. The molecule has 3 nitrogen and oxygen atoms in total. The Morgan fingerprint density at radius 2 is 1.48 bits per heavy atom. The molecule has 4 unspecified atom stereocenters. The molecule has 0 aromatic rings. The van der Waals surface area contributed by atoms with Gasteiger partial charge in [-0.15, -0.1) is 0 Å². The van der Waals surface area contributed by atoms with E-state index < -0.39 is 50.3 Å². The van der Waals surface area contributed by atoms with Crippen molar-refractivity contribution in [3.05, 3.63) is 12.2 Å². The van der Waals surface area contributed by atoms with Gasteiger partial charge in [-0.25, -0.2) is 4.39 Å². The van der Waals surface area contributed by atoms with Crippen LogP contribution in [0.4, 0.5) is 30.7 Å². The van der Waals surface area contributed by atoms with Crippen molar-refractivity contribution >= 4 is 10.1 Å². The summed E-state index contributed by atoms with van der Waals surface area (Å²) < 4.78 is 123. The molecule has 2 bridgehead atoms. The topological polar surface area (TPSA) is 54.4 Å². The van der Waals surface area contributed by atoms with Crippen LogP contribution in [0.2, 0.25) is 0 Å². The maximum absolute atomic E-state index is 15.8. The molecule has 4 atom stereocenters. The van der Waals surface area contributed by atoms with Crippen molar-refractivity contribution in [1.29, 1.82) is 0 Å². The van der Waals surface area contributed by atoms with Crippen molar-refractivity contribution in [2.75, 3.05) is 0 Å². The van der Waals surface area contributed by atoms with Gasteiger partial charge in [0.25, 0.3) is 10.1 Å². The molecule has 0 aromatic carbocycles. The molecule has 0 amide bonds.